The fourth-order valence-electron chi connectivity index (χ4n) is 5.07. The minimum atomic E-state index is -0.822. The lowest BCUT2D eigenvalue weighted by molar-refractivity contribution is -0.167. The monoisotopic (exact) mass is 723 g/mol. The molecule has 0 saturated heterocycles. The van der Waals surface area contributed by atoms with E-state index in [2.05, 4.69) is 106 Å². The molecule has 52 heavy (non-hydrogen) atoms. The molecule has 0 bridgehead atoms. The predicted octanol–water partition coefficient (Wildman–Crippen LogP) is 12.9. The van der Waals surface area contributed by atoms with Crippen LogP contribution in [0, 0.1) is 0 Å². The quantitative estimate of drug-likeness (QED) is 0.0280. The Hall–Kier alpha value is -3.41. The first kappa shape index (κ1) is 48.6. The molecule has 0 amide bonds. The molecule has 0 rings (SSSR count). The molecule has 0 fully saturated rings. The van der Waals surface area contributed by atoms with Crippen LogP contribution in [0.4, 0.5) is 0 Å². The molecule has 0 spiro atoms. The van der Waals surface area contributed by atoms with Crippen LogP contribution in [0.3, 0.4) is 0 Å². The van der Waals surface area contributed by atoms with E-state index in [4.69, 9.17) is 14.2 Å². The molecule has 6 heteroatoms. The standard InChI is InChI=1S/C46H74O6/c1-4-7-10-13-16-19-22-25-27-30-33-36-39-45(48)51-42-43(52-46(49)40-37-34-31-28-24-21-18-15-12-9-6-3)41-50-44(47)38-35-32-29-26-23-20-17-14-11-8-5-2/h8-9,11-12,16-21,26,28-29,31,43H,4-7,10,13-15,22-25,27,30,32-42H2,1-3H3/b11-8-,12-9-,19-16-,20-17-,21-18-,29-26-,31-28-. The summed E-state index contributed by atoms with van der Waals surface area (Å²) >= 11 is 0. The lowest BCUT2D eigenvalue weighted by atomic mass is 10.1. The lowest BCUT2D eigenvalue weighted by Crippen LogP contribution is -2.30. The molecule has 0 radical (unpaired) electrons. The highest BCUT2D eigenvalue weighted by Crippen LogP contribution is 2.11. The van der Waals surface area contributed by atoms with Crippen molar-refractivity contribution in [2.75, 3.05) is 13.2 Å². The highest BCUT2D eigenvalue weighted by molar-refractivity contribution is 5.71. The van der Waals surface area contributed by atoms with Crippen molar-refractivity contribution < 1.29 is 28.6 Å². The number of esters is 3. The average molecular weight is 723 g/mol. The number of carbonyl (C=O) groups excluding carboxylic acids is 3. The topological polar surface area (TPSA) is 78.9 Å². The summed E-state index contributed by atoms with van der Waals surface area (Å²) in [5, 5.41) is 0. The molecule has 0 aromatic rings. The Morgan fingerprint density at radius 3 is 1.27 bits per heavy atom. The molecule has 0 aliphatic heterocycles. The molecule has 294 valence electrons. The van der Waals surface area contributed by atoms with Gasteiger partial charge in [-0.15, -0.1) is 0 Å². The Labute approximate surface area is 318 Å². The normalized spacial score (nSPS) is 12.9. The van der Waals surface area contributed by atoms with Crippen molar-refractivity contribution in [1.82, 2.24) is 0 Å². The Morgan fingerprint density at radius 2 is 0.769 bits per heavy atom. The second-order valence-corrected chi connectivity index (χ2v) is 13.1. The molecule has 0 aliphatic rings. The van der Waals surface area contributed by atoms with Gasteiger partial charge in [-0.3, -0.25) is 14.4 Å². The van der Waals surface area contributed by atoms with Crippen molar-refractivity contribution in [3.05, 3.63) is 85.1 Å². The summed E-state index contributed by atoms with van der Waals surface area (Å²) in [6.45, 7) is 6.23. The number of unbranched alkanes of at least 4 members (excludes halogenated alkanes) is 10. The molecular weight excluding hydrogens is 648 g/mol. The first-order valence-corrected chi connectivity index (χ1v) is 20.6. The van der Waals surface area contributed by atoms with Gasteiger partial charge in [0.25, 0.3) is 0 Å². The molecular formula is C46H74O6. The molecule has 0 N–H and O–H groups in total. The third-order valence-electron chi connectivity index (χ3n) is 8.11. The minimum Gasteiger partial charge on any atom is -0.462 e. The number of hydrogen-bond acceptors (Lipinski definition) is 6. The highest BCUT2D eigenvalue weighted by Gasteiger charge is 2.19. The van der Waals surface area contributed by atoms with E-state index in [0.717, 1.165) is 83.5 Å². The number of ether oxygens (including phenoxy) is 3. The van der Waals surface area contributed by atoms with E-state index in [1.807, 2.05) is 0 Å². The van der Waals surface area contributed by atoms with Gasteiger partial charge in [0.2, 0.25) is 0 Å². The van der Waals surface area contributed by atoms with Crippen LogP contribution in [0.15, 0.2) is 85.1 Å². The largest absolute Gasteiger partial charge is 0.462 e. The Bertz CT molecular complexity index is 1060. The van der Waals surface area contributed by atoms with Gasteiger partial charge in [0.1, 0.15) is 13.2 Å². The molecule has 6 nitrogen and oxygen atoms in total. The van der Waals surface area contributed by atoms with Crippen molar-refractivity contribution in [3.8, 4) is 0 Å². The van der Waals surface area contributed by atoms with Gasteiger partial charge in [-0.2, -0.15) is 0 Å². The maximum absolute atomic E-state index is 12.6. The first-order valence-electron chi connectivity index (χ1n) is 20.6. The fraction of sp³-hybridized carbons (Fsp3) is 0.630. The van der Waals surface area contributed by atoms with Crippen LogP contribution >= 0.6 is 0 Å². The van der Waals surface area contributed by atoms with E-state index in [9.17, 15) is 14.4 Å². The number of allylic oxidation sites excluding steroid dienone is 14. The van der Waals surface area contributed by atoms with Gasteiger partial charge in [0.05, 0.1) is 0 Å². The van der Waals surface area contributed by atoms with Crippen LogP contribution in [-0.2, 0) is 28.6 Å². The summed E-state index contributed by atoms with van der Waals surface area (Å²) in [6, 6.07) is 0. The summed E-state index contributed by atoms with van der Waals surface area (Å²) in [4.78, 5) is 37.5. The van der Waals surface area contributed by atoms with Crippen LogP contribution < -0.4 is 0 Å². The molecule has 1 unspecified atom stereocenters. The van der Waals surface area contributed by atoms with Crippen LogP contribution in [0.25, 0.3) is 0 Å². The average Bonchev–Trinajstić information content (AvgIpc) is 3.14. The molecule has 0 aromatic carbocycles. The van der Waals surface area contributed by atoms with Crippen LogP contribution in [0.2, 0.25) is 0 Å². The van der Waals surface area contributed by atoms with Gasteiger partial charge in [-0.05, 0) is 96.3 Å². The zero-order valence-corrected chi connectivity index (χ0v) is 33.3. The van der Waals surface area contributed by atoms with Gasteiger partial charge in [0, 0.05) is 19.3 Å². The zero-order chi connectivity index (χ0) is 38.0. The Balaban J connectivity index is 4.55. The highest BCUT2D eigenvalue weighted by atomic mass is 16.6. The Morgan fingerprint density at radius 1 is 0.404 bits per heavy atom. The maximum Gasteiger partial charge on any atom is 0.306 e. The molecule has 0 aromatic heterocycles. The summed E-state index contributed by atoms with van der Waals surface area (Å²) in [5.74, 6) is -1.05. The molecule has 0 heterocycles. The van der Waals surface area contributed by atoms with E-state index >= 15 is 0 Å². The maximum atomic E-state index is 12.6. The number of rotatable bonds is 35. The lowest BCUT2D eigenvalue weighted by Gasteiger charge is -2.18. The van der Waals surface area contributed by atoms with Crippen LogP contribution in [0.1, 0.15) is 168 Å². The zero-order valence-electron chi connectivity index (χ0n) is 33.3. The van der Waals surface area contributed by atoms with E-state index in [0.29, 0.717) is 19.3 Å². The van der Waals surface area contributed by atoms with Crippen LogP contribution in [-0.4, -0.2) is 37.2 Å². The fourth-order valence-corrected chi connectivity index (χ4v) is 5.07. The smallest absolute Gasteiger partial charge is 0.306 e. The van der Waals surface area contributed by atoms with Crippen molar-refractivity contribution in [3.63, 3.8) is 0 Å². The second kappa shape index (κ2) is 40.4. The molecule has 1 atom stereocenters. The number of hydrogen-bond donors (Lipinski definition) is 0. The van der Waals surface area contributed by atoms with Gasteiger partial charge < -0.3 is 14.2 Å². The van der Waals surface area contributed by atoms with Gasteiger partial charge in [-0.1, -0.05) is 138 Å². The summed E-state index contributed by atoms with van der Waals surface area (Å²) in [6.07, 6.45) is 50.1. The van der Waals surface area contributed by atoms with E-state index in [-0.39, 0.29) is 44.0 Å². The van der Waals surface area contributed by atoms with E-state index in [1.54, 1.807) is 0 Å². The van der Waals surface area contributed by atoms with Gasteiger partial charge in [-0.25, -0.2) is 0 Å². The third kappa shape index (κ3) is 37.8. The minimum absolute atomic E-state index is 0.118. The molecule has 0 aliphatic carbocycles. The summed E-state index contributed by atoms with van der Waals surface area (Å²) in [7, 11) is 0. The number of carbonyl (C=O) groups is 3. The van der Waals surface area contributed by atoms with Gasteiger partial charge >= 0.3 is 17.9 Å². The van der Waals surface area contributed by atoms with E-state index in [1.165, 1.54) is 32.1 Å². The Kier molecular flexibility index (Phi) is 37.7. The second-order valence-electron chi connectivity index (χ2n) is 13.1. The van der Waals surface area contributed by atoms with E-state index < -0.39 is 6.10 Å². The SMILES string of the molecule is CC/C=C\C/C=C\C/C=C\CCCC(=O)OCC(COC(=O)CCCCCCC/C=C\CCCCC)OC(=O)CCC/C=C\C/C=C\C/C=C\CC. The first-order chi connectivity index (χ1) is 25.5. The van der Waals surface area contributed by atoms with Gasteiger partial charge in [0.15, 0.2) is 6.10 Å². The predicted molar refractivity (Wildman–Crippen MR) is 219 cm³/mol. The van der Waals surface area contributed by atoms with Crippen molar-refractivity contribution in [1.29, 1.82) is 0 Å². The van der Waals surface area contributed by atoms with Crippen molar-refractivity contribution >= 4 is 17.9 Å². The van der Waals surface area contributed by atoms with Crippen molar-refractivity contribution in [2.45, 2.75) is 175 Å². The summed E-state index contributed by atoms with van der Waals surface area (Å²) in [5.41, 5.74) is 0. The molecule has 0 saturated carbocycles. The van der Waals surface area contributed by atoms with Crippen molar-refractivity contribution in [2.24, 2.45) is 0 Å². The third-order valence-corrected chi connectivity index (χ3v) is 8.11. The summed E-state index contributed by atoms with van der Waals surface area (Å²) < 4.78 is 16.5. The van der Waals surface area contributed by atoms with Crippen LogP contribution in [0.5, 0.6) is 0 Å².